The lowest BCUT2D eigenvalue weighted by Gasteiger charge is -2.26. The van der Waals surface area contributed by atoms with Crippen LogP contribution in [0.2, 0.25) is 5.28 Å². The standard InChI is InChI=1S/C13H17ClF3N3/c1-8-2-4-9(5-3-8)7-18-11-6-10(13(15,16)17)19-12(14)20-11/h6,8-9H,2-5,7H2,1H3,(H,18,19,20). The van der Waals surface area contributed by atoms with Gasteiger partial charge in [0.1, 0.15) is 5.82 Å². The number of alkyl halides is 3. The number of nitrogens with one attached hydrogen (secondary N) is 1. The molecule has 1 aliphatic carbocycles. The minimum absolute atomic E-state index is 0.135. The molecule has 1 N–H and O–H groups in total. The van der Waals surface area contributed by atoms with E-state index in [0.717, 1.165) is 24.8 Å². The van der Waals surface area contributed by atoms with Crippen LogP contribution >= 0.6 is 11.6 Å². The fraction of sp³-hybridized carbons (Fsp3) is 0.692. The summed E-state index contributed by atoms with van der Waals surface area (Å²) < 4.78 is 37.8. The molecule has 1 fully saturated rings. The second-order valence-electron chi connectivity index (χ2n) is 5.41. The summed E-state index contributed by atoms with van der Waals surface area (Å²) >= 11 is 5.53. The number of hydrogen-bond acceptors (Lipinski definition) is 3. The van der Waals surface area contributed by atoms with Gasteiger partial charge in [0.25, 0.3) is 0 Å². The Morgan fingerprint density at radius 3 is 2.50 bits per heavy atom. The van der Waals surface area contributed by atoms with Crippen molar-refractivity contribution in [3.8, 4) is 0 Å². The first-order chi connectivity index (χ1) is 9.34. The van der Waals surface area contributed by atoms with Crippen LogP contribution in [0.15, 0.2) is 6.07 Å². The van der Waals surface area contributed by atoms with Crippen LogP contribution in [0, 0.1) is 11.8 Å². The molecule has 0 amide bonds. The van der Waals surface area contributed by atoms with Crippen molar-refractivity contribution in [1.82, 2.24) is 9.97 Å². The van der Waals surface area contributed by atoms with Crippen molar-refractivity contribution >= 4 is 17.4 Å². The molecule has 2 rings (SSSR count). The van der Waals surface area contributed by atoms with Crippen molar-refractivity contribution in [2.24, 2.45) is 11.8 Å². The first kappa shape index (κ1) is 15.4. The minimum Gasteiger partial charge on any atom is -0.370 e. The van der Waals surface area contributed by atoms with Crippen molar-refractivity contribution in [2.75, 3.05) is 11.9 Å². The van der Waals surface area contributed by atoms with E-state index in [4.69, 9.17) is 11.6 Å². The van der Waals surface area contributed by atoms with Crippen LogP contribution in [0.4, 0.5) is 19.0 Å². The van der Waals surface area contributed by atoms with Gasteiger partial charge in [0, 0.05) is 12.6 Å². The Morgan fingerprint density at radius 2 is 1.90 bits per heavy atom. The number of anilines is 1. The van der Waals surface area contributed by atoms with Crippen molar-refractivity contribution in [1.29, 1.82) is 0 Å². The van der Waals surface area contributed by atoms with Crippen LogP contribution < -0.4 is 5.32 Å². The van der Waals surface area contributed by atoms with E-state index in [2.05, 4.69) is 22.2 Å². The third-order valence-electron chi connectivity index (χ3n) is 3.70. The van der Waals surface area contributed by atoms with E-state index in [9.17, 15) is 13.2 Å². The summed E-state index contributed by atoms with van der Waals surface area (Å²) in [5.74, 6) is 1.36. The lowest BCUT2D eigenvalue weighted by atomic mass is 9.83. The predicted octanol–water partition coefficient (Wildman–Crippen LogP) is 4.39. The number of rotatable bonds is 3. The molecule has 3 nitrogen and oxygen atoms in total. The van der Waals surface area contributed by atoms with Gasteiger partial charge in [-0.3, -0.25) is 0 Å². The van der Waals surface area contributed by atoms with Crippen LogP contribution in [0.1, 0.15) is 38.3 Å². The third kappa shape index (κ3) is 4.23. The van der Waals surface area contributed by atoms with Gasteiger partial charge in [-0.05, 0) is 36.3 Å². The molecule has 1 saturated carbocycles. The maximum absolute atomic E-state index is 12.6. The van der Waals surface area contributed by atoms with Gasteiger partial charge in [-0.15, -0.1) is 0 Å². The zero-order valence-corrected chi connectivity index (χ0v) is 11.9. The highest BCUT2D eigenvalue weighted by Gasteiger charge is 2.33. The van der Waals surface area contributed by atoms with Crippen LogP contribution in [0.5, 0.6) is 0 Å². The summed E-state index contributed by atoms with van der Waals surface area (Å²) in [6.45, 7) is 2.85. The Labute approximate surface area is 120 Å². The van der Waals surface area contributed by atoms with Crippen molar-refractivity contribution < 1.29 is 13.2 Å². The summed E-state index contributed by atoms with van der Waals surface area (Å²) in [4.78, 5) is 6.99. The van der Waals surface area contributed by atoms with E-state index in [1.807, 2.05) is 0 Å². The Bertz CT molecular complexity index is 457. The first-order valence-electron chi connectivity index (χ1n) is 6.70. The molecule has 112 valence electrons. The van der Waals surface area contributed by atoms with Gasteiger partial charge in [-0.1, -0.05) is 19.8 Å². The molecule has 20 heavy (non-hydrogen) atoms. The second kappa shape index (κ2) is 6.16. The lowest BCUT2D eigenvalue weighted by Crippen LogP contribution is -2.21. The third-order valence-corrected chi connectivity index (χ3v) is 3.87. The molecule has 7 heteroatoms. The molecule has 1 heterocycles. The molecule has 1 aliphatic rings. The maximum atomic E-state index is 12.6. The van der Waals surface area contributed by atoms with E-state index in [1.54, 1.807) is 0 Å². The highest BCUT2D eigenvalue weighted by molar-refractivity contribution is 6.28. The van der Waals surface area contributed by atoms with Gasteiger partial charge < -0.3 is 5.32 Å². The maximum Gasteiger partial charge on any atom is 0.433 e. The fourth-order valence-electron chi connectivity index (χ4n) is 2.44. The molecule has 0 aromatic carbocycles. The highest BCUT2D eigenvalue weighted by Crippen LogP contribution is 2.31. The largest absolute Gasteiger partial charge is 0.433 e. The number of hydrogen-bond donors (Lipinski definition) is 1. The van der Waals surface area contributed by atoms with Crippen molar-refractivity contribution in [2.45, 2.75) is 38.8 Å². The molecule has 1 aromatic rings. The molecule has 0 radical (unpaired) electrons. The smallest absolute Gasteiger partial charge is 0.370 e. The summed E-state index contributed by atoms with van der Waals surface area (Å²) in [7, 11) is 0. The Balaban J connectivity index is 1.97. The molecule has 1 aromatic heterocycles. The van der Waals surface area contributed by atoms with Gasteiger partial charge in [0.2, 0.25) is 5.28 Å². The van der Waals surface area contributed by atoms with E-state index >= 15 is 0 Å². The Kier molecular flexibility index (Phi) is 4.73. The molecule has 0 spiro atoms. The summed E-state index contributed by atoms with van der Waals surface area (Å²) in [5, 5.41) is 2.56. The quantitative estimate of drug-likeness (QED) is 0.842. The van der Waals surface area contributed by atoms with E-state index < -0.39 is 11.9 Å². The van der Waals surface area contributed by atoms with Gasteiger partial charge in [0.05, 0.1) is 0 Å². The van der Waals surface area contributed by atoms with Gasteiger partial charge in [0.15, 0.2) is 5.69 Å². The first-order valence-corrected chi connectivity index (χ1v) is 7.08. The SMILES string of the molecule is CC1CCC(CNc2cc(C(F)(F)F)nc(Cl)n2)CC1. The zero-order chi connectivity index (χ0) is 14.8. The number of aromatic nitrogens is 2. The lowest BCUT2D eigenvalue weighted by molar-refractivity contribution is -0.141. The van der Waals surface area contributed by atoms with Crippen LogP contribution in [-0.2, 0) is 6.18 Å². The van der Waals surface area contributed by atoms with Crippen molar-refractivity contribution in [3.63, 3.8) is 0 Å². The van der Waals surface area contributed by atoms with E-state index in [0.29, 0.717) is 12.5 Å². The molecule has 0 saturated heterocycles. The van der Waals surface area contributed by atoms with Gasteiger partial charge in [-0.25, -0.2) is 9.97 Å². The molecular weight excluding hydrogens is 291 g/mol. The monoisotopic (exact) mass is 307 g/mol. The average molecular weight is 308 g/mol. The van der Waals surface area contributed by atoms with E-state index in [-0.39, 0.29) is 11.1 Å². The topological polar surface area (TPSA) is 37.8 Å². The average Bonchev–Trinajstić information content (AvgIpc) is 2.36. The van der Waals surface area contributed by atoms with E-state index in [1.165, 1.54) is 12.8 Å². The normalized spacial score (nSPS) is 23.6. The van der Waals surface area contributed by atoms with Crippen LogP contribution in [-0.4, -0.2) is 16.5 Å². The number of nitrogens with zero attached hydrogens (tertiary/aromatic N) is 2. The fourth-order valence-corrected chi connectivity index (χ4v) is 2.62. The zero-order valence-electron chi connectivity index (χ0n) is 11.2. The van der Waals surface area contributed by atoms with Gasteiger partial charge in [-0.2, -0.15) is 13.2 Å². The summed E-state index contributed by atoms with van der Waals surface area (Å²) in [6.07, 6.45) is 0.0247. The second-order valence-corrected chi connectivity index (χ2v) is 5.75. The van der Waals surface area contributed by atoms with Crippen LogP contribution in [0.25, 0.3) is 0 Å². The Morgan fingerprint density at radius 1 is 1.25 bits per heavy atom. The number of halogens is 4. The molecule has 0 unspecified atom stereocenters. The van der Waals surface area contributed by atoms with Crippen molar-refractivity contribution in [3.05, 3.63) is 17.0 Å². The predicted molar refractivity (Wildman–Crippen MR) is 71.7 cm³/mol. The van der Waals surface area contributed by atoms with Crippen LogP contribution in [0.3, 0.4) is 0 Å². The van der Waals surface area contributed by atoms with Gasteiger partial charge >= 0.3 is 6.18 Å². The molecule has 0 atom stereocenters. The summed E-state index contributed by atoms with van der Waals surface area (Å²) in [5.41, 5.74) is -1.02. The molecular formula is C13H17ClF3N3. The minimum atomic E-state index is -4.51. The molecule has 0 aliphatic heterocycles. The Hall–Kier alpha value is -1.04. The highest BCUT2D eigenvalue weighted by atomic mass is 35.5. The molecule has 0 bridgehead atoms. The summed E-state index contributed by atoms with van der Waals surface area (Å²) in [6, 6.07) is 0.900.